The van der Waals surface area contributed by atoms with Crippen LogP contribution in [0.4, 0.5) is 0 Å². The van der Waals surface area contributed by atoms with E-state index in [1.54, 1.807) is 4.90 Å². The molecule has 7 nitrogen and oxygen atoms in total. The van der Waals surface area contributed by atoms with Gasteiger partial charge in [-0.25, -0.2) is 4.68 Å². The Bertz CT molecular complexity index is 792. The van der Waals surface area contributed by atoms with Gasteiger partial charge in [0.1, 0.15) is 0 Å². The second-order valence-corrected chi connectivity index (χ2v) is 8.07. The lowest BCUT2D eigenvalue weighted by molar-refractivity contribution is 0.0776. The van der Waals surface area contributed by atoms with Crippen LogP contribution in [0.15, 0.2) is 30.3 Å². The summed E-state index contributed by atoms with van der Waals surface area (Å²) in [6.07, 6.45) is 3.19. The lowest BCUT2D eigenvalue weighted by atomic mass is 10.2. The van der Waals surface area contributed by atoms with Crippen LogP contribution in [-0.4, -0.2) is 89.0 Å². The molecule has 2 heterocycles. The maximum atomic E-state index is 13.1. The number of nitrogens with zero attached hydrogens (tertiary/aromatic N) is 6. The van der Waals surface area contributed by atoms with Gasteiger partial charge in [0.15, 0.2) is 5.69 Å². The predicted molar refractivity (Wildman–Crippen MR) is 109 cm³/mol. The van der Waals surface area contributed by atoms with Gasteiger partial charge in [-0.2, -0.15) is 0 Å². The van der Waals surface area contributed by atoms with E-state index in [0.717, 1.165) is 69.9 Å². The number of carbonyl (C=O) groups excluding carboxylic acids is 1. The summed E-state index contributed by atoms with van der Waals surface area (Å²) in [6.45, 7) is 6.27. The van der Waals surface area contributed by atoms with Crippen LogP contribution in [0.2, 0.25) is 0 Å². The van der Waals surface area contributed by atoms with Crippen molar-refractivity contribution in [2.24, 2.45) is 0 Å². The van der Waals surface area contributed by atoms with Crippen LogP contribution < -0.4 is 0 Å². The molecule has 4 rings (SSSR count). The third-order valence-electron chi connectivity index (χ3n) is 5.78. The summed E-state index contributed by atoms with van der Waals surface area (Å²) in [5.41, 5.74) is 2.46. The van der Waals surface area contributed by atoms with Crippen molar-refractivity contribution in [1.82, 2.24) is 29.7 Å². The molecule has 0 atom stereocenters. The van der Waals surface area contributed by atoms with E-state index in [-0.39, 0.29) is 5.91 Å². The van der Waals surface area contributed by atoms with E-state index in [1.807, 2.05) is 42.1 Å². The van der Waals surface area contributed by atoms with Crippen LogP contribution in [0, 0.1) is 0 Å². The van der Waals surface area contributed by atoms with Gasteiger partial charge in [-0.05, 0) is 45.0 Å². The van der Waals surface area contributed by atoms with Crippen molar-refractivity contribution < 1.29 is 4.79 Å². The molecule has 1 aliphatic heterocycles. The third-order valence-corrected chi connectivity index (χ3v) is 5.78. The average Bonchev–Trinajstić information content (AvgIpc) is 3.47. The molecule has 1 aromatic carbocycles. The first-order chi connectivity index (χ1) is 13.6. The summed E-state index contributed by atoms with van der Waals surface area (Å²) in [5, 5.41) is 8.61. The van der Waals surface area contributed by atoms with Gasteiger partial charge >= 0.3 is 0 Å². The molecule has 0 radical (unpaired) electrons. The minimum absolute atomic E-state index is 0.0116. The number of likely N-dealkylation sites (N-methyl/N-ethyl adjacent to an activating group) is 1. The zero-order chi connectivity index (χ0) is 19.5. The highest BCUT2D eigenvalue weighted by atomic mass is 16.2. The number of carbonyl (C=O) groups is 1. The maximum absolute atomic E-state index is 13.1. The van der Waals surface area contributed by atoms with Crippen LogP contribution in [0.25, 0.3) is 5.69 Å². The normalized spacial score (nSPS) is 18.4. The third kappa shape index (κ3) is 4.25. The molecule has 1 aliphatic carbocycles. The highest BCUT2D eigenvalue weighted by molar-refractivity contribution is 5.93. The topological polar surface area (TPSA) is 57.5 Å². The molecule has 1 aromatic heterocycles. The molecule has 1 saturated carbocycles. The minimum Gasteiger partial charge on any atom is -0.340 e. The SMILES string of the molecule is CN1CCN(CCCN(C)C(=O)c2nnn(-c3ccccc3)c2C2CC2)CC1. The first-order valence-corrected chi connectivity index (χ1v) is 10.3. The van der Waals surface area contributed by atoms with E-state index in [2.05, 4.69) is 27.2 Å². The van der Waals surface area contributed by atoms with Crippen molar-refractivity contribution in [1.29, 1.82) is 0 Å². The Kier molecular flexibility index (Phi) is 5.73. The molecular formula is C21H30N6O. The van der Waals surface area contributed by atoms with Crippen molar-refractivity contribution in [2.45, 2.75) is 25.2 Å². The Morgan fingerprint density at radius 1 is 1.14 bits per heavy atom. The molecule has 2 fully saturated rings. The summed E-state index contributed by atoms with van der Waals surface area (Å²) >= 11 is 0. The van der Waals surface area contributed by atoms with E-state index in [1.165, 1.54) is 0 Å². The molecule has 7 heteroatoms. The van der Waals surface area contributed by atoms with Crippen LogP contribution in [0.1, 0.15) is 41.4 Å². The summed E-state index contributed by atoms with van der Waals surface area (Å²) < 4.78 is 1.85. The fourth-order valence-corrected chi connectivity index (χ4v) is 3.81. The molecule has 0 N–H and O–H groups in total. The van der Waals surface area contributed by atoms with Gasteiger partial charge in [0.2, 0.25) is 0 Å². The van der Waals surface area contributed by atoms with Crippen molar-refractivity contribution in [3.63, 3.8) is 0 Å². The fraction of sp³-hybridized carbons (Fsp3) is 0.571. The highest BCUT2D eigenvalue weighted by Crippen LogP contribution is 2.42. The van der Waals surface area contributed by atoms with Gasteiger partial charge in [-0.15, -0.1) is 5.10 Å². The molecule has 0 unspecified atom stereocenters. The summed E-state index contributed by atoms with van der Waals surface area (Å²) in [6, 6.07) is 9.97. The number of rotatable bonds is 7. The second-order valence-electron chi connectivity index (χ2n) is 8.07. The molecule has 150 valence electrons. The Morgan fingerprint density at radius 3 is 2.54 bits per heavy atom. The first-order valence-electron chi connectivity index (χ1n) is 10.3. The maximum Gasteiger partial charge on any atom is 0.276 e. The second kappa shape index (κ2) is 8.41. The number of aromatic nitrogens is 3. The quantitative estimate of drug-likeness (QED) is 0.732. The average molecular weight is 383 g/mol. The summed E-state index contributed by atoms with van der Waals surface area (Å²) in [7, 11) is 4.05. The van der Waals surface area contributed by atoms with Gasteiger partial charge in [-0.3, -0.25) is 4.79 Å². The molecule has 2 aliphatic rings. The molecular weight excluding hydrogens is 352 g/mol. The highest BCUT2D eigenvalue weighted by Gasteiger charge is 2.35. The standard InChI is InChI=1S/C21H30N6O/c1-24-13-15-26(16-14-24)12-6-11-25(2)21(28)19-20(17-9-10-17)27(23-22-19)18-7-4-3-5-8-18/h3-5,7-8,17H,6,9-16H2,1-2H3. The van der Waals surface area contributed by atoms with Crippen LogP contribution in [-0.2, 0) is 0 Å². The monoisotopic (exact) mass is 382 g/mol. The number of hydrogen-bond acceptors (Lipinski definition) is 5. The van der Waals surface area contributed by atoms with Gasteiger partial charge < -0.3 is 14.7 Å². The molecule has 28 heavy (non-hydrogen) atoms. The summed E-state index contributed by atoms with van der Waals surface area (Å²) in [4.78, 5) is 19.7. The number of para-hydroxylation sites is 1. The molecule has 1 saturated heterocycles. The largest absolute Gasteiger partial charge is 0.340 e. The lowest BCUT2D eigenvalue weighted by Gasteiger charge is -2.32. The van der Waals surface area contributed by atoms with Crippen LogP contribution in [0.5, 0.6) is 0 Å². The molecule has 0 bridgehead atoms. The zero-order valence-electron chi connectivity index (χ0n) is 16.9. The fourth-order valence-electron chi connectivity index (χ4n) is 3.81. The van der Waals surface area contributed by atoms with Gasteiger partial charge in [0.05, 0.1) is 11.4 Å². The zero-order valence-corrected chi connectivity index (χ0v) is 16.9. The molecule has 0 spiro atoms. The molecule has 2 aromatic rings. The number of benzene rings is 1. The van der Waals surface area contributed by atoms with E-state index < -0.39 is 0 Å². The Morgan fingerprint density at radius 2 is 1.86 bits per heavy atom. The summed E-state index contributed by atoms with van der Waals surface area (Å²) in [5.74, 6) is 0.385. The van der Waals surface area contributed by atoms with Gasteiger partial charge in [0.25, 0.3) is 5.91 Å². The van der Waals surface area contributed by atoms with Crippen molar-refractivity contribution in [3.8, 4) is 5.69 Å². The van der Waals surface area contributed by atoms with E-state index >= 15 is 0 Å². The van der Waals surface area contributed by atoms with E-state index in [4.69, 9.17) is 0 Å². The number of amides is 1. The smallest absolute Gasteiger partial charge is 0.276 e. The Hall–Kier alpha value is -2.25. The minimum atomic E-state index is -0.0116. The number of hydrogen-bond donors (Lipinski definition) is 0. The van der Waals surface area contributed by atoms with E-state index in [0.29, 0.717) is 11.6 Å². The van der Waals surface area contributed by atoms with Crippen molar-refractivity contribution in [2.75, 3.05) is 53.4 Å². The predicted octanol–water partition coefficient (Wildman–Crippen LogP) is 1.85. The van der Waals surface area contributed by atoms with E-state index in [9.17, 15) is 4.79 Å². The van der Waals surface area contributed by atoms with Gasteiger partial charge in [-0.1, -0.05) is 23.4 Å². The Balaban J connectivity index is 1.39. The lowest BCUT2D eigenvalue weighted by Crippen LogP contribution is -2.45. The number of piperazine rings is 1. The van der Waals surface area contributed by atoms with Crippen LogP contribution in [0.3, 0.4) is 0 Å². The molecule has 1 amide bonds. The first kappa shape index (κ1) is 19.1. The van der Waals surface area contributed by atoms with Crippen molar-refractivity contribution in [3.05, 3.63) is 41.7 Å². The Labute approximate surface area is 166 Å². The van der Waals surface area contributed by atoms with Crippen LogP contribution >= 0.6 is 0 Å². The van der Waals surface area contributed by atoms with Gasteiger partial charge in [0, 0.05) is 45.7 Å². The van der Waals surface area contributed by atoms with Crippen molar-refractivity contribution >= 4 is 5.91 Å².